The van der Waals surface area contributed by atoms with Crippen LogP contribution >= 0.6 is 0 Å². The number of nitrogens with two attached hydrogens (primary N) is 2. The fraction of sp³-hybridized carbons (Fsp3) is 0.267. The minimum Gasteiger partial charge on any atom is -0.370 e. The maximum atomic E-state index is 12.0. The van der Waals surface area contributed by atoms with Gasteiger partial charge in [0.1, 0.15) is 6.04 Å². The molecule has 3 amide bonds. The fourth-order valence-electron chi connectivity index (χ4n) is 2.22. The summed E-state index contributed by atoms with van der Waals surface area (Å²) in [5.74, 6) is -1.58. The van der Waals surface area contributed by atoms with Gasteiger partial charge < -0.3 is 21.8 Å². The lowest BCUT2D eigenvalue weighted by molar-refractivity contribution is -0.127. The van der Waals surface area contributed by atoms with Crippen molar-refractivity contribution in [2.24, 2.45) is 11.5 Å². The summed E-state index contributed by atoms with van der Waals surface area (Å²) in [6.07, 6.45) is 0.179. The molecular weight excluding hydrogens is 284 g/mol. The Labute approximate surface area is 127 Å². The van der Waals surface area contributed by atoms with Crippen molar-refractivity contribution < 1.29 is 14.4 Å². The van der Waals surface area contributed by atoms with Crippen molar-refractivity contribution in [3.05, 3.63) is 36.0 Å². The number of rotatable bonds is 7. The quantitative estimate of drug-likeness (QED) is 0.571. The first-order valence-corrected chi connectivity index (χ1v) is 6.89. The highest BCUT2D eigenvalue weighted by molar-refractivity contribution is 5.89. The molecule has 0 spiro atoms. The predicted molar refractivity (Wildman–Crippen MR) is 81.6 cm³/mol. The van der Waals surface area contributed by atoms with Crippen molar-refractivity contribution in [1.29, 1.82) is 0 Å². The Balaban J connectivity index is 1.98. The van der Waals surface area contributed by atoms with Crippen LogP contribution in [0.3, 0.4) is 0 Å². The number of hydrogen-bond donors (Lipinski definition) is 4. The lowest BCUT2D eigenvalue weighted by atomic mass is 10.1. The van der Waals surface area contributed by atoms with Gasteiger partial charge in [0.05, 0.1) is 6.42 Å². The number of primary amides is 2. The number of fused-ring (bicyclic) bond motifs is 1. The van der Waals surface area contributed by atoms with Gasteiger partial charge >= 0.3 is 0 Å². The summed E-state index contributed by atoms with van der Waals surface area (Å²) in [6.45, 7) is 0. The standard InChI is InChI=1S/C15H18N4O3/c16-13(20)6-5-12(15(17)22)19-14(21)8-10-7-9-3-1-2-4-11(9)18-10/h1-4,7,12,18H,5-6,8H2,(H2,16,20)(H2,17,22)(H,19,21). The first kappa shape index (κ1) is 15.6. The minimum absolute atomic E-state index is 0.0136. The molecule has 6 N–H and O–H groups in total. The van der Waals surface area contributed by atoms with Gasteiger partial charge in [0, 0.05) is 17.6 Å². The van der Waals surface area contributed by atoms with Gasteiger partial charge in [-0.25, -0.2) is 0 Å². The number of H-pyrrole nitrogens is 1. The van der Waals surface area contributed by atoms with E-state index in [9.17, 15) is 14.4 Å². The Hall–Kier alpha value is -2.83. The zero-order valence-corrected chi connectivity index (χ0v) is 12.0. The molecule has 0 aliphatic rings. The molecule has 1 heterocycles. The summed E-state index contributed by atoms with van der Waals surface area (Å²) in [5.41, 5.74) is 11.9. The van der Waals surface area contributed by atoms with Gasteiger partial charge in [-0.05, 0) is 23.9 Å². The van der Waals surface area contributed by atoms with Crippen LogP contribution < -0.4 is 16.8 Å². The Morgan fingerprint density at radius 3 is 2.55 bits per heavy atom. The van der Waals surface area contributed by atoms with Gasteiger partial charge in [-0.15, -0.1) is 0 Å². The lowest BCUT2D eigenvalue weighted by Crippen LogP contribution is -2.45. The van der Waals surface area contributed by atoms with Crippen molar-refractivity contribution in [1.82, 2.24) is 10.3 Å². The number of carbonyl (C=O) groups is 3. The van der Waals surface area contributed by atoms with E-state index in [4.69, 9.17) is 11.5 Å². The molecule has 7 heteroatoms. The average molecular weight is 302 g/mol. The van der Waals surface area contributed by atoms with Gasteiger partial charge in [-0.3, -0.25) is 14.4 Å². The third kappa shape index (κ3) is 4.08. The number of carbonyl (C=O) groups excluding carboxylic acids is 3. The predicted octanol–water partition coefficient (Wildman–Crippen LogP) is -0.0540. The van der Waals surface area contributed by atoms with E-state index in [1.165, 1.54) is 0 Å². The summed E-state index contributed by atoms with van der Waals surface area (Å²) in [6, 6.07) is 8.63. The number of aromatic nitrogens is 1. The van der Waals surface area contributed by atoms with Gasteiger partial charge in [-0.2, -0.15) is 0 Å². The van der Waals surface area contributed by atoms with E-state index in [1.54, 1.807) is 0 Å². The van der Waals surface area contributed by atoms with E-state index in [2.05, 4.69) is 10.3 Å². The van der Waals surface area contributed by atoms with Crippen LogP contribution in [0.15, 0.2) is 30.3 Å². The van der Waals surface area contributed by atoms with E-state index < -0.39 is 17.9 Å². The Morgan fingerprint density at radius 2 is 1.91 bits per heavy atom. The molecule has 0 radical (unpaired) electrons. The molecule has 0 bridgehead atoms. The summed E-state index contributed by atoms with van der Waals surface area (Å²) in [7, 11) is 0. The SMILES string of the molecule is NC(=O)CCC(NC(=O)Cc1cc2ccccc2[nH]1)C(N)=O. The number of benzene rings is 1. The summed E-state index contributed by atoms with van der Waals surface area (Å²) in [5, 5.41) is 3.53. The second kappa shape index (κ2) is 6.75. The molecule has 1 unspecified atom stereocenters. The van der Waals surface area contributed by atoms with Gasteiger partial charge in [-0.1, -0.05) is 18.2 Å². The first-order valence-electron chi connectivity index (χ1n) is 6.89. The molecule has 116 valence electrons. The molecule has 0 aliphatic carbocycles. The smallest absolute Gasteiger partial charge is 0.240 e. The van der Waals surface area contributed by atoms with Crippen LogP contribution in [0.2, 0.25) is 0 Å². The van der Waals surface area contributed by atoms with E-state index in [-0.39, 0.29) is 25.2 Å². The molecule has 0 fully saturated rings. The van der Waals surface area contributed by atoms with Crippen LogP contribution in [0.1, 0.15) is 18.5 Å². The van der Waals surface area contributed by atoms with E-state index in [0.29, 0.717) is 0 Å². The average Bonchev–Trinajstić information content (AvgIpc) is 2.84. The van der Waals surface area contributed by atoms with Gasteiger partial charge in [0.15, 0.2) is 0 Å². The van der Waals surface area contributed by atoms with Crippen molar-refractivity contribution in [2.75, 3.05) is 0 Å². The molecule has 7 nitrogen and oxygen atoms in total. The molecule has 2 aromatic rings. The second-order valence-corrected chi connectivity index (χ2v) is 5.09. The largest absolute Gasteiger partial charge is 0.370 e. The Bertz CT molecular complexity index is 675. The van der Waals surface area contributed by atoms with Gasteiger partial charge in [0.25, 0.3) is 0 Å². The Morgan fingerprint density at radius 1 is 1.18 bits per heavy atom. The number of hydrogen-bond acceptors (Lipinski definition) is 3. The molecule has 1 atom stereocenters. The maximum absolute atomic E-state index is 12.0. The molecule has 22 heavy (non-hydrogen) atoms. The topological polar surface area (TPSA) is 131 Å². The zero-order chi connectivity index (χ0) is 16.1. The van der Waals surface area contributed by atoms with E-state index in [0.717, 1.165) is 16.6 Å². The van der Waals surface area contributed by atoms with Gasteiger partial charge in [0.2, 0.25) is 17.7 Å². The van der Waals surface area contributed by atoms with Crippen LogP contribution in [0.4, 0.5) is 0 Å². The maximum Gasteiger partial charge on any atom is 0.240 e. The van der Waals surface area contributed by atoms with E-state index >= 15 is 0 Å². The monoisotopic (exact) mass is 302 g/mol. The molecule has 0 saturated carbocycles. The summed E-state index contributed by atoms with van der Waals surface area (Å²) >= 11 is 0. The molecule has 1 aromatic carbocycles. The lowest BCUT2D eigenvalue weighted by Gasteiger charge is -2.14. The third-order valence-corrected chi connectivity index (χ3v) is 3.29. The molecule has 0 aliphatic heterocycles. The van der Waals surface area contributed by atoms with Crippen molar-refractivity contribution in [3.63, 3.8) is 0 Å². The minimum atomic E-state index is -0.899. The fourth-order valence-corrected chi connectivity index (χ4v) is 2.22. The summed E-state index contributed by atoms with van der Waals surface area (Å²) < 4.78 is 0. The highest BCUT2D eigenvalue weighted by Gasteiger charge is 2.19. The molecule has 0 saturated heterocycles. The second-order valence-electron chi connectivity index (χ2n) is 5.09. The third-order valence-electron chi connectivity index (χ3n) is 3.29. The van der Waals surface area contributed by atoms with Crippen LogP contribution in [0.25, 0.3) is 10.9 Å². The van der Waals surface area contributed by atoms with Crippen LogP contribution in [-0.4, -0.2) is 28.7 Å². The van der Waals surface area contributed by atoms with E-state index in [1.807, 2.05) is 30.3 Å². The molecular formula is C15H18N4O3. The number of para-hydroxylation sites is 1. The highest BCUT2D eigenvalue weighted by atomic mass is 16.2. The highest BCUT2D eigenvalue weighted by Crippen LogP contribution is 2.14. The molecule has 1 aromatic heterocycles. The Kier molecular flexibility index (Phi) is 4.77. The van der Waals surface area contributed by atoms with Crippen molar-refractivity contribution in [3.8, 4) is 0 Å². The number of nitrogens with one attached hydrogen (secondary N) is 2. The van der Waals surface area contributed by atoms with Crippen LogP contribution in [0, 0.1) is 0 Å². The zero-order valence-electron chi connectivity index (χ0n) is 12.0. The molecule has 2 rings (SSSR count). The number of amides is 3. The van der Waals surface area contributed by atoms with Crippen molar-refractivity contribution in [2.45, 2.75) is 25.3 Å². The van der Waals surface area contributed by atoms with Crippen molar-refractivity contribution >= 4 is 28.6 Å². The van der Waals surface area contributed by atoms with Crippen LogP contribution in [0.5, 0.6) is 0 Å². The van der Waals surface area contributed by atoms with Crippen LogP contribution in [-0.2, 0) is 20.8 Å². The normalized spacial score (nSPS) is 12.0. The first-order chi connectivity index (χ1) is 10.5. The summed E-state index contributed by atoms with van der Waals surface area (Å²) in [4.78, 5) is 37.2. The number of aromatic amines is 1.